The Labute approximate surface area is 104 Å². The average molecular weight is 299 g/mol. The van der Waals surface area contributed by atoms with E-state index in [0.717, 1.165) is 4.60 Å². The first kappa shape index (κ1) is 10.6. The standard InChI is InChI=1S/C10H8BrFN4O/c11-7-2-1-3-8-13-10(15-16(7)8)14-9(17)5-4-6(5)12/h1-3,5-6H,4H2,(H,14,15,17)/t5-,6+/m1/s1. The summed E-state index contributed by atoms with van der Waals surface area (Å²) in [5.74, 6) is -0.699. The Balaban J connectivity index is 1.86. The summed E-state index contributed by atoms with van der Waals surface area (Å²) in [6, 6.07) is 5.40. The van der Waals surface area contributed by atoms with E-state index in [2.05, 4.69) is 31.3 Å². The molecule has 2 heterocycles. The molecule has 0 spiro atoms. The molecule has 1 saturated carbocycles. The highest BCUT2D eigenvalue weighted by Crippen LogP contribution is 2.34. The smallest absolute Gasteiger partial charge is 0.249 e. The van der Waals surface area contributed by atoms with Crippen molar-refractivity contribution in [2.45, 2.75) is 12.6 Å². The Bertz CT molecular complexity index is 599. The number of hydrogen-bond acceptors (Lipinski definition) is 3. The zero-order chi connectivity index (χ0) is 12.0. The fourth-order valence-electron chi connectivity index (χ4n) is 1.56. The summed E-state index contributed by atoms with van der Waals surface area (Å²) in [6.07, 6.45) is -0.720. The molecule has 5 nitrogen and oxygen atoms in total. The topological polar surface area (TPSA) is 59.3 Å². The van der Waals surface area contributed by atoms with Crippen LogP contribution in [0.1, 0.15) is 6.42 Å². The number of hydrogen-bond donors (Lipinski definition) is 1. The third kappa shape index (κ3) is 1.90. The van der Waals surface area contributed by atoms with Crippen LogP contribution in [-0.2, 0) is 4.79 Å². The zero-order valence-electron chi connectivity index (χ0n) is 8.60. The molecular weight excluding hydrogens is 291 g/mol. The van der Waals surface area contributed by atoms with Gasteiger partial charge in [0.15, 0.2) is 5.65 Å². The van der Waals surface area contributed by atoms with E-state index in [1.807, 2.05) is 12.1 Å². The van der Waals surface area contributed by atoms with E-state index in [-0.39, 0.29) is 11.9 Å². The van der Waals surface area contributed by atoms with E-state index in [9.17, 15) is 9.18 Å². The van der Waals surface area contributed by atoms with E-state index in [0.29, 0.717) is 12.1 Å². The van der Waals surface area contributed by atoms with E-state index in [4.69, 9.17) is 0 Å². The molecule has 1 fully saturated rings. The minimum absolute atomic E-state index is 0.195. The van der Waals surface area contributed by atoms with E-state index in [1.54, 1.807) is 10.6 Å². The molecule has 17 heavy (non-hydrogen) atoms. The molecule has 0 saturated heterocycles. The maximum absolute atomic E-state index is 12.7. The minimum Gasteiger partial charge on any atom is -0.293 e. The highest BCUT2D eigenvalue weighted by Gasteiger charge is 2.44. The molecule has 1 amide bonds. The fourth-order valence-corrected chi connectivity index (χ4v) is 1.98. The van der Waals surface area contributed by atoms with Crippen molar-refractivity contribution in [1.82, 2.24) is 14.6 Å². The van der Waals surface area contributed by atoms with Crippen LogP contribution < -0.4 is 5.32 Å². The van der Waals surface area contributed by atoms with E-state index in [1.165, 1.54) is 0 Å². The number of pyridine rings is 1. The Hall–Kier alpha value is -1.50. The normalized spacial score (nSPS) is 22.7. The molecule has 2 aromatic heterocycles. The number of halogens is 2. The van der Waals surface area contributed by atoms with Gasteiger partial charge >= 0.3 is 0 Å². The van der Waals surface area contributed by atoms with Crippen LogP contribution in [0.4, 0.5) is 10.3 Å². The van der Waals surface area contributed by atoms with Crippen molar-refractivity contribution in [3.05, 3.63) is 22.8 Å². The first-order valence-corrected chi connectivity index (χ1v) is 5.90. The molecule has 1 aliphatic rings. The van der Waals surface area contributed by atoms with Crippen LogP contribution in [0.25, 0.3) is 5.65 Å². The number of alkyl halides is 1. The molecule has 7 heteroatoms. The van der Waals surface area contributed by atoms with Gasteiger partial charge in [0.25, 0.3) is 0 Å². The highest BCUT2D eigenvalue weighted by molar-refractivity contribution is 9.10. The van der Waals surface area contributed by atoms with Gasteiger partial charge in [-0.15, -0.1) is 5.10 Å². The van der Waals surface area contributed by atoms with Gasteiger partial charge in [-0.2, -0.15) is 4.98 Å². The van der Waals surface area contributed by atoms with Gasteiger partial charge in [-0.1, -0.05) is 6.07 Å². The van der Waals surface area contributed by atoms with Crippen LogP contribution >= 0.6 is 15.9 Å². The first-order chi connectivity index (χ1) is 8.15. The molecule has 0 radical (unpaired) electrons. The van der Waals surface area contributed by atoms with E-state index < -0.39 is 12.1 Å². The molecule has 3 rings (SSSR count). The number of rotatable bonds is 2. The lowest BCUT2D eigenvalue weighted by atomic mass is 10.4. The lowest BCUT2D eigenvalue weighted by Gasteiger charge is -1.96. The van der Waals surface area contributed by atoms with Crippen molar-refractivity contribution in [3.63, 3.8) is 0 Å². The second-order valence-electron chi connectivity index (χ2n) is 3.90. The second-order valence-corrected chi connectivity index (χ2v) is 4.71. The number of anilines is 1. The quantitative estimate of drug-likeness (QED) is 0.860. The SMILES string of the molecule is O=C(Nc1nc2cccc(Br)n2n1)[C@@H]1C[C@@H]1F. The molecule has 1 N–H and O–H groups in total. The number of carbonyl (C=O) groups excluding carboxylic acids is 1. The number of aromatic nitrogens is 3. The van der Waals surface area contributed by atoms with Crippen LogP contribution in [0.3, 0.4) is 0 Å². The van der Waals surface area contributed by atoms with Crippen molar-refractivity contribution < 1.29 is 9.18 Å². The fraction of sp³-hybridized carbons (Fsp3) is 0.300. The third-order valence-electron chi connectivity index (χ3n) is 2.60. The maximum Gasteiger partial charge on any atom is 0.249 e. The van der Waals surface area contributed by atoms with Gasteiger partial charge in [0.1, 0.15) is 10.8 Å². The number of amides is 1. The van der Waals surface area contributed by atoms with Crippen molar-refractivity contribution >= 4 is 33.4 Å². The highest BCUT2D eigenvalue weighted by atomic mass is 79.9. The number of nitrogens with zero attached hydrogens (tertiary/aromatic N) is 3. The van der Waals surface area contributed by atoms with Crippen molar-refractivity contribution in [3.8, 4) is 0 Å². The molecule has 1 aliphatic carbocycles. The van der Waals surface area contributed by atoms with Crippen molar-refractivity contribution in [2.24, 2.45) is 5.92 Å². The molecule has 0 aromatic carbocycles. The number of carbonyl (C=O) groups is 1. The largest absolute Gasteiger partial charge is 0.293 e. The van der Waals surface area contributed by atoms with Crippen LogP contribution in [0.5, 0.6) is 0 Å². The molecule has 2 atom stereocenters. The summed E-state index contributed by atoms with van der Waals surface area (Å²) in [5.41, 5.74) is 0.613. The van der Waals surface area contributed by atoms with Crippen LogP contribution in [-0.4, -0.2) is 26.7 Å². The van der Waals surface area contributed by atoms with Gasteiger partial charge in [-0.3, -0.25) is 10.1 Å². The Kier molecular flexibility index (Phi) is 2.36. The lowest BCUT2D eigenvalue weighted by molar-refractivity contribution is -0.117. The molecule has 2 aromatic rings. The van der Waals surface area contributed by atoms with Gasteiger partial charge in [0.2, 0.25) is 11.9 Å². The van der Waals surface area contributed by atoms with Crippen LogP contribution in [0.15, 0.2) is 22.8 Å². The van der Waals surface area contributed by atoms with Gasteiger partial charge in [-0.25, -0.2) is 8.91 Å². The van der Waals surface area contributed by atoms with E-state index >= 15 is 0 Å². The Morgan fingerprint density at radius 2 is 2.35 bits per heavy atom. The first-order valence-electron chi connectivity index (χ1n) is 5.11. The lowest BCUT2D eigenvalue weighted by Crippen LogP contribution is -2.16. The monoisotopic (exact) mass is 298 g/mol. The maximum atomic E-state index is 12.7. The summed E-state index contributed by atoms with van der Waals surface area (Å²) in [7, 11) is 0. The molecule has 88 valence electrons. The predicted octanol–water partition coefficient (Wildman–Crippen LogP) is 1.79. The molecule has 0 bridgehead atoms. The van der Waals surface area contributed by atoms with Gasteiger partial charge in [0, 0.05) is 0 Å². The molecule has 0 aliphatic heterocycles. The summed E-state index contributed by atoms with van der Waals surface area (Å²) in [5, 5.41) is 6.60. The predicted molar refractivity (Wildman–Crippen MR) is 62.3 cm³/mol. The van der Waals surface area contributed by atoms with Gasteiger partial charge in [-0.05, 0) is 34.5 Å². The van der Waals surface area contributed by atoms with Gasteiger partial charge < -0.3 is 0 Å². The average Bonchev–Trinajstić information content (AvgIpc) is 2.87. The van der Waals surface area contributed by atoms with Crippen molar-refractivity contribution in [2.75, 3.05) is 5.32 Å². The second kappa shape index (κ2) is 3.76. The Morgan fingerprint density at radius 1 is 1.59 bits per heavy atom. The van der Waals surface area contributed by atoms with Crippen molar-refractivity contribution in [1.29, 1.82) is 0 Å². The summed E-state index contributed by atoms with van der Waals surface area (Å²) < 4.78 is 15.0. The Morgan fingerprint density at radius 3 is 3.00 bits per heavy atom. The van der Waals surface area contributed by atoms with Gasteiger partial charge in [0.05, 0.1) is 5.92 Å². The molecular formula is C10H8BrFN4O. The third-order valence-corrected chi connectivity index (χ3v) is 3.20. The van der Waals surface area contributed by atoms with Crippen LogP contribution in [0.2, 0.25) is 0 Å². The summed E-state index contributed by atoms with van der Waals surface area (Å²) >= 11 is 3.31. The number of nitrogens with one attached hydrogen (secondary N) is 1. The zero-order valence-corrected chi connectivity index (χ0v) is 10.2. The summed E-state index contributed by atoms with van der Waals surface area (Å²) in [6.45, 7) is 0. The molecule has 0 unspecified atom stereocenters. The summed E-state index contributed by atoms with van der Waals surface area (Å²) in [4.78, 5) is 15.6. The van der Waals surface area contributed by atoms with Crippen LogP contribution in [0, 0.1) is 5.92 Å². The number of fused-ring (bicyclic) bond motifs is 1. The minimum atomic E-state index is -1.02.